The second kappa shape index (κ2) is 7.95. The molecule has 1 N–H and O–H groups in total. The third-order valence-corrected chi connectivity index (χ3v) is 5.15. The molecule has 3 aromatic carbocycles. The van der Waals surface area contributed by atoms with Crippen LogP contribution in [0, 0.1) is 0 Å². The van der Waals surface area contributed by atoms with Gasteiger partial charge in [-0.2, -0.15) is 0 Å². The van der Waals surface area contributed by atoms with Crippen molar-refractivity contribution in [1.82, 2.24) is 4.90 Å². The molecule has 1 amide bonds. The molecule has 0 saturated heterocycles. The van der Waals surface area contributed by atoms with Gasteiger partial charge in [0.05, 0.1) is 0 Å². The number of rotatable bonds is 4. The molecule has 0 aromatic heterocycles. The molecule has 4 heteroatoms. The maximum atomic E-state index is 12.4. The highest BCUT2D eigenvalue weighted by Gasteiger charge is 2.16. The van der Waals surface area contributed by atoms with E-state index in [9.17, 15) is 4.79 Å². The summed E-state index contributed by atoms with van der Waals surface area (Å²) in [6, 6.07) is 23.7. The Morgan fingerprint density at radius 2 is 1.74 bits per heavy atom. The Kier molecular flexibility index (Phi) is 5.23. The molecular formula is C23H21ClN2O. The lowest BCUT2D eigenvalue weighted by Crippen LogP contribution is -2.29. The molecular weight excluding hydrogens is 356 g/mol. The zero-order valence-corrected chi connectivity index (χ0v) is 15.7. The Balaban J connectivity index is 1.38. The fourth-order valence-corrected chi connectivity index (χ4v) is 3.67. The normalized spacial score (nSPS) is 13.8. The minimum absolute atomic E-state index is 0.129. The Labute approximate surface area is 164 Å². The minimum Gasteiger partial charge on any atom is -0.322 e. The van der Waals surface area contributed by atoms with Crippen LogP contribution in [0.5, 0.6) is 0 Å². The highest BCUT2D eigenvalue weighted by Crippen LogP contribution is 2.21. The summed E-state index contributed by atoms with van der Waals surface area (Å²) in [6.07, 6.45) is 1.09. The van der Waals surface area contributed by atoms with Crippen LogP contribution >= 0.6 is 11.6 Å². The molecule has 1 aliphatic rings. The Hall–Kier alpha value is -2.62. The van der Waals surface area contributed by atoms with Crippen LogP contribution in [0.4, 0.5) is 5.69 Å². The van der Waals surface area contributed by atoms with Gasteiger partial charge in [-0.15, -0.1) is 0 Å². The van der Waals surface area contributed by atoms with Crippen LogP contribution in [0.2, 0.25) is 5.02 Å². The molecule has 0 spiro atoms. The Morgan fingerprint density at radius 3 is 2.52 bits per heavy atom. The number of amides is 1. The van der Waals surface area contributed by atoms with E-state index < -0.39 is 0 Å². The average Bonchev–Trinajstić information content (AvgIpc) is 2.68. The molecule has 27 heavy (non-hydrogen) atoms. The number of halogens is 1. The second-order valence-corrected chi connectivity index (χ2v) is 7.33. The molecule has 0 unspecified atom stereocenters. The van der Waals surface area contributed by atoms with Crippen LogP contribution in [-0.2, 0) is 19.5 Å². The summed E-state index contributed by atoms with van der Waals surface area (Å²) in [4.78, 5) is 14.8. The van der Waals surface area contributed by atoms with Crippen LogP contribution in [-0.4, -0.2) is 17.4 Å². The van der Waals surface area contributed by atoms with Gasteiger partial charge < -0.3 is 5.32 Å². The van der Waals surface area contributed by atoms with Crippen molar-refractivity contribution < 1.29 is 4.79 Å². The molecule has 136 valence electrons. The van der Waals surface area contributed by atoms with Gasteiger partial charge in [0.15, 0.2) is 0 Å². The van der Waals surface area contributed by atoms with Crippen molar-refractivity contribution in [1.29, 1.82) is 0 Å². The van der Waals surface area contributed by atoms with E-state index in [1.807, 2.05) is 36.4 Å². The predicted octanol–water partition coefficient (Wildman–Crippen LogP) is 5.15. The number of hydrogen-bond acceptors (Lipinski definition) is 2. The molecule has 0 aliphatic carbocycles. The summed E-state index contributed by atoms with van der Waals surface area (Å²) >= 11 is 5.96. The first-order chi connectivity index (χ1) is 13.2. The van der Waals surface area contributed by atoms with Crippen LogP contribution in [0.15, 0.2) is 72.8 Å². The summed E-state index contributed by atoms with van der Waals surface area (Å²) in [5.74, 6) is -0.129. The van der Waals surface area contributed by atoms with Crippen molar-refractivity contribution in [3.8, 4) is 0 Å². The number of nitrogens with zero attached hydrogens (tertiary/aromatic N) is 1. The van der Waals surface area contributed by atoms with E-state index in [0.29, 0.717) is 16.3 Å². The fraction of sp³-hybridized carbons (Fsp3) is 0.174. The molecule has 1 heterocycles. The molecule has 3 aromatic rings. The van der Waals surface area contributed by atoms with Gasteiger partial charge in [-0.1, -0.05) is 54.1 Å². The number of anilines is 1. The molecule has 4 rings (SSSR count). The first-order valence-electron chi connectivity index (χ1n) is 9.12. The first kappa shape index (κ1) is 17.8. The van der Waals surface area contributed by atoms with Crippen LogP contribution in [0.25, 0.3) is 0 Å². The maximum absolute atomic E-state index is 12.4. The Morgan fingerprint density at radius 1 is 0.963 bits per heavy atom. The van der Waals surface area contributed by atoms with Crippen LogP contribution in [0.3, 0.4) is 0 Å². The summed E-state index contributed by atoms with van der Waals surface area (Å²) in [6.45, 7) is 2.94. The van der Waals surface area contributed by atoms with E-state index >= 15 is 0 Å². The molecule has 1 aliphatic heterocycles. The van der Waals surface area contributed by atoms with Crippen LogP contribution in [0.1, 0.15) is 27.0 Å². The minimum atomic E-state index is -0.129. The highest BCUT2D eigenvalue weighted by atomic mass is 35.5. The first-order valence-corrected chi connectivity index (χ1v) is 9.50. The molecule has 0 bridgehead atoms. The zero-order chi connectivity index (χ0) is 18.6. The quantitative estimate of drug-likeness (QED) is 0.682. The lowest BCUT2D eigenvalue weighted by molar-refractivity contribution is 0.102. The van der Waals surface area contributed by atoms with Crippen molar-refractivity contribution in [3.05, 3.63) is 100 Å². The fourth-order valence-electron chi connectivity index (χ4n) is 3.48. The van der Waals surface area contributed by atoms with Crippen molar-refractivity contribution in [2.24, 2.45) is 0 Å². The van der Waals surface area contributed by atoms with E-state index in [4.69, 9.17) is 11.6 Å². The largest absolute Gasteiger partial charge is 0.322 e. The molecule has 0 radical (unpaired) electrons. The van der Waals surface area contributed by atoms with E-state index in [2.05, 4.69) is 34.5 Å². The monoisotopic (exact) mass is 376 g/mol. The van der Waals surface area contributed by atoms with Crippen molar-refractivity contribution in [3.63, 3.8) is 0 Å². The van der Waals surface area contributed by atoms with Gasteiger partial charge in [0.2, 0.25) is 0 Å². The van der Waals surface area contributed by atoms with E-state index in [0.717, 1.165) is 26.1 Å². The van der Waals surface area contributed by atoms with E-state index in [1.165, 1.54) is 16.7 Å². The molecule has 0 atom stereocenters. The van der Waals surface area contributed by atoms with Gasteiger partial charge in [0.25, 0.3) is 5.91 Å². The van der Waals surface area contributed by atoms with Gasteiger partial charge in [-0.25, -0.2) is 0 Å². The lowest BCUT2D eigenvalue weighted by Gasteiger charge is -2.28. The SMILES string of the molecule is O=C(Nc1cccc(Cl)c1)c1ccc(CN2CCc3ccccc3C2)cc1. The average molecular weight is 377 g/mol. The van der Waals surface area contributed by atoms with Gasteiger partial charge in [0.1, 0.15) is 0 Å². The van der Waals surface area contributed by atoms with Crippen LogP contribution < -0.4 is 5.32 Å². The number of carbonyl (C=O) groups excluding carboxylic acids is 1. The molecule has 3 nitrogen and oxygen atoms in total. The number of fused-ring (bicyclic) bond motifs is 1. The molecule has 0 fully saturated rings. The third kappa shape index (κ3) is 4.38. The van der Waals surface area contributed by atoms with Crippen molar-refractivity contribution >= 4 is 23.2 Å². The number of carbonyl (C=O) groups is 1. The summed E-state index contributed by atoms with van der Waals surface area (Å²) in [5, 5.41) is 3.48. The standard InChI is InChI=1S/C23H21ClN2O/c24-21-6-3-7-22(14-21)25-23(27)19-10-8-17(9-11-19)15-26-13-12-18-4-1-2-5-20(18)16-26/h1-11,14H,12-13,15-16H2,(H,25,27). The smallest absolute Gasteiger partial charge is 0.255 e. The van der Waals surface area contributed by atoms with E-state index in [-0.39, 0.29) is 5.91 Å². The van der Waals surface area contributed by atoms with Crippen molar-refractivity contribution in [2.45, 2.75) is 19.5 Å². The van der Waals surface area contributed by atoms with Gasteiger partial charge >= 0.3 is 0 Å². The summed E-state index contributed by atoms with van der Waals surface area (Å²) in [7, 11) is 0. The summed E-state index contributed by atoms with van der Waals surface area (Å²) < 4.78 is 0. The van der Waals surface area contributed by atoms with Gasteiger partial charge in [0, 0.05) is 35.9 Å². The lowest BCUT2D eigenvalue weighted by atomic mass is 9.99. The number of benzene rings is 3. The maximum Gasteiger partial charge on any atom is 0.255 e. The highest BCUT2D eigenvalue weighted by molar-refractivity contribution is 6.30. The Bertz CT molecular complexity index is 953. The van der Waals surface area contributed by atoms with Crippen molar-refractivity contribution in [2.75, 3.05) is 11.9 Å². The van der Waals surface area contributed by atoms with Gasteiger partial charge in [-0.3, -0.25) is 9.69 Å². The third-order valence-electron chi connectivity index (χ3n) is 4.91. The van der Waals surface area contributed by atoms with Gasteiger partial charge in [-0.05, 0) is 53.4 Å². The second-order valence-electron chi connectivity index (χ2n) is 6.89. The topological polar surface area (TPSA) is 32.3 Å². The van der Waals surface area contributed by atoms with E-state index in [1.54, 1.807) is 12.1 Å². The summed E-state index contributed by atoms with van der Waals surface area (Å²) in [5.41, 5.74) is 5.43. The predicted molar refractivity (Wildman–Crippen MR) is 110 cm³/mol. The number of hydrogen-bond donors (Lipinski definition) is 1. The number of nitrogens with one attached hydrogen (secondary N) is 1. The zero-order valence-electron chi connectivity index (χ0n) is 15.0. The molecule has 0 saturated carbocycles.